The largest absolute Gasteiger partial charge is 0.505 e. The van der Waals surface area contributed by atoms with E-state index in [1.54, 1.807) is 13.0 Å². The number of carbonyl (C=O) groups is 1. The van der Waals surface area contributed by atoms with Gasteiger partial charge in [-0.25, -0.2) is 0 Å². The van der Waals surface area contributed by atoms with E-state index in [0.717, 1.165) is 5.56 Å². The lowest BCUT2D eigenvalue weighted by Gasteiger charge is -1.99. The van der Waals surface area contributed by atoms with E-state index >= 15 is 0 Å². The summed E-state index contributed by atoms with van der Waals surface area (Å²) in [6, 6.07) is 9.40. The minimum absolute atomic E-state index is 0.118. The van der Waals surface area contributed by atoms with Gasteiger partial charge in [0.1, 0.15) is 12.7 Å². The lowest BCUT2D eigenvalue weighted by Crippen LogP contribution is -2.19. The first-order valence-electron chi connectivity index (χ1n) is 5.73. The molecule has 2 N–H and O–H groups in total. The van der Waals surface area contributed by atoms with Crippen molar-refractivity contribution in [2.24, 2.45) is 5.16 Å². The number of benzene rings is 1. The van der Waals surface area contributed by atoms with E-state index in [4.69, 9.17) is 0 Å². The summed E-state index contributed by atoms with van der Waals surface area (Å²) in [5, 5.41) is 16.3. The lowest BCUT2D eigenvalue weighted by atomic mass is 10.1. The Bertz CT molecular complexity index is 586. The lowest BCUT2D eigenvalue weighted by molar-refractivity contribution is -0.115. The second-order valence-electron chi connectivity index (χ2n) is 4.01. The number of oxime groups is 1. The number of hydrogen-bond acceptors (Lipinski definition) is 4. The smallest absolute Gasteiger partial charge is 0.261 e. The maximum atomic E-state index is 11.8. The Morgan fingerprint density at radius 3 is 2.68 bits per heavy atom. The van der Waals surface area contributed by atoms with Crippen molar-refractivity contribution >= 4 is 17.7 Å². The van der Waals surface area contributed by atoms with Crippen molar-refractivity contribution in [3.05, 3.63) is 52.9 Å². The summed E-state index contributed by atoms with van der Waals surface area (Å²) in [4.78, 5) is 16.4. The third-order valence-electron chi connectivity index (χ3n) is 2.67. The molecule has 0 aromatic heterocycles. The summed E-state index contributed by atoms with van der Waals surface area (Å²) in [7, 11) is 1.38. The van der Waals surface area contributed by atoms with Crippen molar-refractivity contribution in [3.63, 3.8) is 0 Å². The number of amides is 1. The van der Waals surface area contributed by atoms with Gasteiger partial charge in [-0.15, -0.1) is 0 Å². The number of hydrogen-bond donors (Lipinski definition) is 2. The van der Waals surface area contributed by atoms with Crippen molar-refractivity contribution in [1.29, 1.82) is 0 Å². The molecule has 1 aromatic carbocycles. The highest BCUT2D eigenvalue weighted by atomic mass is 16.6. The molecular weight excluding hydrogens is 244 g/mol. The van der Waals surface area contributed by atoms with Crippen molar-refractivity contribution in [1.82, 2.24) is 5.32 Å². The van der Waals surface area contributed by atoms with Gasteiger partial charge in [0.15, 0.2) is 5.76 Å². The van der Waals surface area contributed by atoms with Gasteiger partial charge in [-0.1, -0.05) is 35.5 Å². The molecule has 19 heavy (non-hydrogen) atoms. The molecule has 1 aliphatic heterocycles. The summed E-state index contributed by atoms with van der Waals surface area (Å²) in [5.41, 5.74) is 1.70. The third kappa shape index (κ3) is 2.65. The summed E-state index contributed by atoms with van der Waals surface area (Å²) >= 11 is 0. The highest BCUT2D eigenvalue weighted by molar-refractivity contribution is 6.24. The maximum Gasteiger partial charge on any atom is 0.261 e. The highest BCUT2D eigenvalue weighted by Crippen LogP contribution is 2.21. The van der Waals surface area contributed by atoms with Gasteiger partial charge in [0, 0.05) is 0 Å². The highest BCUT2D eigenvalue weighted by Gasteiger charge is 2.29. The van der Waals surface area contributed by atoms with Crippen LogP contribution in [-0.4, -0.2) is 23.8 Å². The van der Waals surface area contributed by atoms with Crippen LogP contribution in [0.3, 0.4) is 0 Å². The number of nitrogens with zero attached hydrogens (tertiary/aromatic N) is 1. The van der Waals surface area contributed by atoms with E-state index in [9.17, 15) is 9.90 Å². The quantitative estimate of drug-likeness (QED) is 0.643. The van der Waals surface area contributed by atoms with E-state index < -0.39 is 5.91 Å². The normalized spacial score (nSPS) is 17.9. The molecule has 0 fully saturated rings. The first-order chi connectivity index (χ1) is 9.13. The van der Waals surface area contributed by atoms with Gasteiger partial charge < -0.3 is 15.3 Å². The van der Waals surface area contributed by atoms with Crippen LogP contribution in [0.1, 0.15) is 12.5 Å². The van der Waals surface area contributed by atoms with Crippen LogP contribution >= 0.6 is 0 Å². The van der Waals surface area contributed by atoms with Crippen molar-refractivity contribution in [3.8, 4) is 0 Å². The molecule has 1 amide bonds. The molecule has 0 atom stereocenters. The van der Waals surface area contributed by atoms with Crippen LogP contribution in [0.25, 0.3) is 6.08 Å². The van der Waals surface area contributed by atoms with Gasteiger partial charge >= 0.3 is 0 Å². The van der Waals surface area contributed by atoms with Gasteiger partial charge in [-0.3, -0.25) is 4.79 Å². The number of rotatable bonds is 3. The molecule has 0 spiro atoms. The second-order valence-corrected chi connectivity index (χ2v) is 4.01. The van der Waals surface area contributed by atoms with E-state index in [2.05, 4.69) is 15.3 Å². The second kappa shape index (κ2) is 5.39. The zero-order chi connectivity index (χ0) is 13.8. The van der Waals surface area contributed by atoms with Gasteiger partial charge in [0.05, 0.1) is 11.4 Å². The fraction of sp³-hybridized carbons (Fsp3) is 0.143. The maximum absolute atomic E-state index is 11.8. The first-order valence-corrected chi connectivity index (χ1v) is 5.73. The van der Waals surface area contributed by atoms with Gasteiger partial charge in [0.25, 0.3) is 5.91 Å². The first kappa shape index (κ1) is 12.9. The molecule has 1 heterocycles. The average molecular weight is 258 g/mol. The average Bonchev–Trinajstić information content (AvgIpc) is 2.66. The Morgan fingerprint density at radius 2 is 2.05 bits per heavy atom. The van der Waals surface area contributed by atoms with Gasteiger partial charge in [-0.05, 0) is 18.6 Å². The third-order valence-corrected chi connectivity index (χ3v) is 2.67. The molecule has 0 saturated heterocycles. The monoisotopic (exact) mass is 258 g/mol. The molecular formula is C14H14N2O3. The standard InChI is InChI=1S/C14H14N2O3/c1-9(16-19-2)12-13(17)11(15-14(12)18)8-10-6-4-3-5-7-10/h3-8,17H,1-2H3,(H,15,18)/b11-8-,16-9+. The summed E-state index contributed by atoms with van der Waals surface area (Å²) in [5.74, 6) is -0.509. The van der Waals surface area contributed by atoms with Crippen LogP contribution in [0.2, 0.25) is 0 Å². The molecule has 98 valence electrons. The zero-order valence-corrected chi connectivity index (χ0v) is 10.7. The minimum atomic E-state index is -0.391. The molecule has 0 bridgehead atoms. The molecule has 5 heteroatoms. The molecule has 1 aromatic rings. The summed E-state index contributed by atoms with van der Waals surface area (Å²) in [6.07, 6.45) is 1.69. The Hall–Kier alpha value is -2.56. The minimum Gasteiger partial charge on any atom is -0.505 e. The molecule has 5 nitrogen and oxygen atoms in total. The number of aliphatic hydroxyl groups is 1. The van der Waals surface area contributed by atoms with Crippen LogP contribution < -0.4 is 5.32 Å². The molecule has 0 unspecified atom stereocenters. The Labute approximate surface area is 110 Å². The van der Waals surface area contributed by atoms with E-state index in [1.165, 1.54) is 7.11 Å². The van der Waals surface area contributed by atoms with Crippen LogP contribution in [-0.2, 0) is 9.63 Å². The predicted molar refractivity (Wildman–Crippen MR) is 72.3 cm³/mol. The number of aliphatic hydroxyl groups excluding tert-OH is 1. The number of carbonyl (C=O) groups excluding carboxylic acids is 1. The molecule has 1 aliphatic rings. The van der Waals surface area contributed by atoms with Crippen molar-refractivity contribution in [2.75, 3.05) is 7.11 Å². The Kier molecular flexibility index (Phi) is 3.66. The van der Waals surface area contributed by atoms with Crippen LogP contribution in [0, 0.1) is 0 Å². The number of nitrogens with one attached hydrogen (secondary N) is 1. The predicted octanol–water partition coefficient (Wildman–Crippen LogP) is 1.99. The SMILES string of the molecule is CO/N=C(\C)C1=C(O)/C(=C/c2ccccc2)NC1=O. The van der Waals surface area contributed by atoms with Crippen LogP contribution in [0.5, 0.6) is 0 Å². The van der Waals surface area contributed by atoms with Gasteiger partial charge in [0.2, 0.25) is 0 Å². The summed E-state index contributed by atoms with van der Waals surface area (Å²) in [6.45, 7) is 1.60. The fourth-order valence-electron chi connectivity index (χ4n) is 1.82. The topological polar surface area (TPSA) is 70.9 Å². The van der Waals surface area contributed by atoms with Crippen LogP contribution in [0.4, 0.5) is 0 Å². The van der Waals surface area contributed by atoms with Crippen molar-refractivity contribution in [2.45, 2.75) is 6.92 Å². The molecule has 0 aliphatic carbocycles. The summed E-state index contributed by atoms with van der Waals surface area (Å²) < 4.78 is 0. The molecule has 0 radical (unpaired) electrons. The van der Waals surface area contributed by atoms with E-state index in [0.29, 0.717) is 11.4 Å². The van der Waals surface area contributed by atoms with Crippen molar-refractivity contribution < 1.29 is 14.7 Å². The van der Waals surface area contributed by atoms with E-state index in [-0.39, 0.29) is 11.3 Å². The Balaban J connectivity index is 2.39. The van der Waals surface area contributed by atoms with E-state index in [1.807, 2.05) is 30.3 Å². The Morgan fingerprint density at radius 1 is 1.37 bits per heavy atom. The zero-order valence-electron chi connectivity index (χ0n) is 10.7. The molecule has 2 rings (SSSR count). The molecule has 0 saturated carbocycles. The van der Waals surface area contributed by atoms with Gasteiger partial charge in [-0.2, -0.15) is 0 Å². The fourth-order valence-corrected chi connectivity index (χ4v) is 1.82. The van der Waals surface area contributed by atoms with Crippen LogP contribution in [0.15, 0.2) is 52.5 Å².